The lowest BCUT2D eigenvalue weighted by Gasteiger charge is -2.18. The van der Waals surface area contributed by atoms with Gasteiger partial charge in [-0.1, -0.05) is 25.5 Å². The summed E-state index contributed by atoms with van der Waals surface area (Å²) in [4.78, 5) is 0. The van der Waals surface area contributed by atoms with Gasteiger partial charge >= 0.3 is 6.18 Å². The minimum atomic E-state index is -4.13. The molecule has 92 valence electrons. The van der Waals surface area contributed by atoms with E-state index < -0.39 is 12.6 Å². The second-order valence-electron chi connectivity index (χ2n) is 4.24. The first-order valence-corrected chi connectivity index (χ1v) is 5.47. The molecule has 1 aliphatic carbocycles. The van der Waals surface area contributed by atoms with E-state index in [4.69, 9.17) is 4.74 Å². The van der Waals surface area contributed by atoms with Crippen molar-refractivity contribution in [1.29, 1.82) is 0 Å². The predicted molar refractivity (Wildman–Crippen MR) is 56.9 cm³/mol. The summed E-state index contributed by atoms with van der Waals surface area (Å²) >= 11 is 0. The van der Waals surface area contributed by atoms with Crippen molar-refractivity contribution in [2.75, 3.05) is 6.61 Å². The lowest BCUT2D eigenvalue weighted by Crippen LogP contribution is -2.12. The summed E-state index contributed by atoms with van der Waals surface area (Å²) in [6, 6.07) is 0. The fourth-order valence-corrected chi connectivity index (χ4v) is 1.53. The summed E-state index contributed by atoms with van der Waals surface area (Å²) in [6.45, 7) is 3.94. The Kier molecular flexibility index (Phi) is 4.44. The molecule has 0 heterocycles. The van der Waals surface area contributed by atoms with Crippen LogP contribution in [0.25, 0.3) is 0 Å². The maximum atomic E-state index is 11.9. The quantitative estimate of drug-likeness (QED) is 0.707. The summed E-state index contributed by atoms with van der Waals surface area (Å²) in [6.07, 6.45) is 0.322. The largest absolute Gasteiger partial charge is 0.498 e. The number of allylic oxidation sites excluding steroid dienone is 4. The number of hydrogen-bond acceptors (Lipinski definition) is 1. The fraction of sp³-hybridized carbons (Fsp3) is 0.667. The Balaban J connectivity index is 2.35. The average Bonchev–Trinajstić information content (AvgIpc) is 2.16. The molecular formula is C12H17F3O. The molecule has 0 N–H and O–H groups in total. The van der Waals surface area contributed by atoms with Crippen molar-refractivity contribution >= 4 is 0 Å². The Labute approximate surface area is 94.0 Å². The van der Waals surface area contributed by atoms with Gasteiger partial charge in [0.25, 0.3) is 0 Å². The Hall–Kier alpha value is -0.930. The van der Waals surface area contributed by atoms with Gasteiger partial charge in [-0.15, -0.1) is 0 Å². The van der Waals surface area contributed by atoms with Gasteiger partial charge < -0.3 is 4.74 Å². The molecular weight excluding hydrogens is 217 g/mol. The highest BCUT2D eigenvalue weighted by Gasteiger charge is 2.27. The van der Waals surface area contributed by atoms with Crippen LogP contribution >= 0.6 is 0 Å². The lowest BCUT2D eigenvalue weighted by atomic mass is 9.94. The molecule has 1 nitrogen and oxygen atoms in total. The zero-order valence-corrected chi connectivity index (χ0v) is 9.60. The molecule has 0 amide bonds. The van der Waals surface area contributed by atoms with Gasteiger partial charge in [0.05, 0.1) is 18.8 Å². The van der Waals surface area contributed by atoms with Gasteiger partial charge in [-0.2, -0.15) is 13.2 Å². The zero-order chi connectivity index (χ0) is 12.2. The minimum absolute atomic E-state index is 0.278. The highest BCUT2D eigenvalue weighted by atomic mass is 19.4. The van der Waals surface area contributed by atoms with Gasteiger partial charge in [-0.05, 0) is 18.4 Å². The van der Waals surface area contributed by atoms with Crippen molar-refractivity contribution < 1.29 is 17.9 Å². The second kappa shape index (κ2) is 5.41. The summed E-state index contributed by atoms with van der Waals surface area (Å²) in [5, 5.41) is 0. The highest BCUT2D eigenvalue weighted by Crippen LogP contribution is 2.25. The van der Waals surface area contributed by atoms with Crippen molar-refractivity contribution in [3.05, 3.63) is 23.5 Å². The van der Waals surface area contributed by atoms with E-state index in [1.165, 1.54) is 5.57 Å². The van der Waals surface area contributed by atoms with Crippen molar-refractivity contribution in [2.45, 2.75) is 39.3 Å². The summed E-state index contributed by atoms with van der Waals surface area (Å²) in [7, 11) is 0. The van der Waals surface area contributed by atoms with E-state index in [1.807, 2.05) is 6.08 Å². The van der Waals surface area contributed by atoms with Gasteiger partial charge in [0.1, 0.15) is 0 Å². The monoisotopic (exact) mass is 234 g/mol. The molecule has 0 spiro atoms. The number of ether oxygens (including phenoxy) is 1. The third-order valence-corrected chi connectivity index (χ3v) is 2.56. The first kappa shape index (κ1) is 13.1. The van der Waals surface area contributed by atoms with Crippen molar-refractivity contribution in [1.82, 2.24) is 0 Å². The molecule has 0 aliphatic heterocycles. The predicted octanol–water partition coefficient (Wildman–Crippen LogP) is 4.22. The number of hydrogen-bond donors (Lipinski definition) is 0. The summed E-state index contributed by atoms with van der Waals surface area (Å²) < 4.78 is 40.7. The number of alkyl halides is 3. The standard InChI is InChI=1S/C12H17F3O/c1-9(2)10-3-5-11(6-4-10)16-8-7-12(13,14)15/h3,5,9H,4,6-8H2,1-2H3. The van der Waals surface area contributed by atoms with Crippen molar-refractivity contribution in [3.63, 3.8) is 0 Å². The number of rotatable bonds is 4. The molecule has 0 aromatic heterocycles. The van der Waals surface area contributed by atoms with E-state index in [2.05, 4.69) is 13.8 Å². The third kappa shape index (κ3) is 4.73. The van der Waals surface area contributed by atoms with Crippen LogP contribution in [-0.4, -0.2) is 12.8 Å². The first-order chi connectivity index (χ1) is 7.38. The normalized spacial score (nSPS) is 17.1. The van der Waals surface area contributed by atoms with E-state index in [1.54, 1.807) is 6.08 Å². The lowest BCUT2D eigenvalue weighted by molar-refractivity contribution is -0.142. The van der Waals surface area contributed by atoms with Crippen LogP contribution in [0, 0.1) is 5.92 Å². The van der Waals surface area contributed by atoms with Gasteiger partial charge in [0.15, 0.2) is 0 Å². The molecule has 1 rings (SSSR count). The molecule has 0 fully saturated rings. The van der Waals surface area contributed by atoms with E-state index in [0.29, 0.717) is 18.1 Å². The molecule has 0 aromatic rings. The van der Waals surface area contributed by atoms with Gasteiger partial charge in [-0.3, -0.25) is 0 Å². The average molecular weight is 234 g/mol. The van der Waals surface area contributed by atoms with Crippen molar-refractivity contribution in [3.8, 4) is 0 Å². The summed E-state index contributed by atoms with van der Waals surface area (Å²) in [5.74, 6) is 1.15. The molecule has 1 aliphatic rings. The van der Waals surface area contributed by atoms with E-state index in [0.717, 1.165) is 6.42 Å². The molecule has 16 heavy (non-hydrogen) atoms. The number of halogens is 3. The molecule has 0 atom stereocenters. The molecule has 4 heteroatoms. The minimum Gasteiger partial charge on any atom is -0.498 e. The molecule has 0 bridgehead atoms. The maximum Gasteiger partial charge on any atom is 0.392 e. The van der Waals surface area contributed by atoms with Crippen molar-refractivity contribution in [2.24, 2.45) is 5.92 Å². The molecule has 0 aromatic carbocycles. The van der Waals surface area contributed by atoms with E-state index in [-0.39, 0.29) is 6.61 Å². The van der Waals surface area contributed by atoms with Crippen LogP contribution < -0.4 is 0 Å². The van der Waals surface area contributed by atoms with Gasteiger partial charge in [0, 0.05) is 6.42 Å². The fourth-order valence-electron chi connectivity index (χ4n) is 1.53. The Bertz CT molecular complexity index is 287. The molecule has 0 unspecified atom stereocenters. The van der Waals surface area contributed by atoms with Crippen LogP contribution in [0.3, 0.4) is 0 Å². The molecule has 0 saturated heterocycles. The van der Waals surface area contributed by atoms with Crippen LogP contribution in [0.5, 0.6) is 0 Å². The van der Waals surface area contributed by atoms with Crippen LogP contribution in [-0.2, 0) is 4.74 Å². The van der Waals surface area contributed by atoms with E-state index >= 15 is 0 Å². The second-order valence-corrected chi connectivity index (χ2v) is 4.24. The molecule has 0 saturated carbocycles. The van der Waals surface area contributed by atoms with Crippen LogP contribution in [0.15, 0.2) is 23.5 Å². The zero-order valence-electron chi connectivity index (χ0n) is 9.60. The van der Waals surface area contributed by atoms with E-state index in [9.17, 15) is 13.2 Å². The summed E-state index contributed by atoms with van der Waals surface area (Å²) in [5.41, 5.74) is 1.32. The van der Waals surface area contributed by atoms with Crippen LogP contribution in [0.1, 0.15) is 33.1 Å². The topological polar surface area (TPSA) is 9.23 Å². The smallest absolute Gasteiger partial charge is 0.392 e. The van der Waals surface area contributed by atoms with Gasteiger partial charge in [0.2, 0.25) is 0 Å². The Morgan fingerprint density at radius 2 is 1.94 bits per heavy atom. The Morgan fingerprint density at radius 1 is 1.25 bits per heavy atom. The SMILES string of the molecule is CC(C)C1=CC=C(OCCC(F)(F)F)CC1. The maximum absolute atomic E-state index is 11.9. The van der Waals surface area contributed by atoms with Gasteiger partial charge in [-0.25, -0.2) is 0 Å². The first-order valence-electron chi connectivity index (χ1n) is 5.47. The van der Waals surface area contributed by atoms with Crippen LogP contribution in [0.4, 0.5) is 13.2 Å². The van der Waals surface area contributed by atoms with Crippen LogP contribution in [0.2, 0.25) is 0 Å². The molecule has 0 radical (unpaired) electrons. The highest BCUT2D eigenvalue weighted by molar-refractivity contribution is 5.22. The Morgan fingerprint density at radius 3 is 2.38 bits per heavy atom. The third-order valence-electron chi connectivity index (χ3n) is 2.56.